The molecule has 1 N–H and O–H groups in total. The Morgan fingerprint density at radius 1 is 1.20 bits per heavy atom. The molecule has 2 aromatic heterocycles. The van der Waals surface area contributed by atoms with Crippen molar-refractivity contribution < 1.29 is 14.0 Å². The monoisotopic (exact) mass is 426 g/mol. The number of benzene rings is 1. The van der Waals surface area contributed by atoms with Crippen LogP contribution in [0.1, 0.15) is 21.7 Å². The number of fused-ring (bicyclic) bond motifs is 1. The first-order valence-electron chi connectivity index (χ1n) is 9.64. The molecule has 0 saturated carbocycles. The van der Waals surface area contributed by atoms with E-state index in [1.165, 1.54) is 10.9 Å². The molecule has 1 saturated heterocycles. The fraction of sp³-hybridized carbons (Fsp3) is 0.333. The van der Waals surface area contributed by atoms with Gasteiger partial charge in [0, 0.05) is 37.3 Å². The van der Waals surface area contributed by atoms with E-state index < -0.39 is 5.91 Å². The van der Waals surface area contributed by atoms with Crippen LogP contribution >= 0.6 is 11.8 Å². The molecule has 8 nitrogen and oxygen atoms in total. The zero-order chi connectivity index (χ0) is 21.3. The molecule has 1 fully saturated rings. The molecule has 0 atom stereocenters. The molecule has 2 amide bonds. The molecule has 1 aliphatic rings. The lowest BCUT2D eigenvalue weighted by molar-refractivity contribution is -0.130. The van der Waals surface area contributed by atoms with Crippen LogP contribution in [0.5, 0.6) is 0 Å². The lowest BCUT2D eigenvalue weighted by Gasteiger charge is -2.26. The second-order valence-corrected chi connectivity index (χ2v) is 8.42. The largest absolute Gasteiger partial charge is 0.442 e. The van der Waals surface area contributed by atoms with Crippen LogP contribution in [0.2, 0.25) is 0 Å². The molecule has 0 spiro atoms. The molecule has 0 aliphatic carbocycles. The number of carbonyl (C=O) groups excluding carboxylic acids is 2. The zero-order valence-corrected chi connectivity index (χ0v) is 17.6. The van der Waals surface area contributed by atoms with E-state index in [1.54, 1.807) is 26.1 Å². The molecule has 4 rings (SSSR count). The van der Waals surface area contributed by atoms with Crippen molar-refractivity contribution in [1.82, 2.24) is 14.5 Å². The highest BCUT2D eigenvalue weighted by molar-refractivity contribution is 7.99. The molecule has 30 heavy (non-hydrogen) atoms. The fourth-order valence-electron chi connectivity index (χ4n) is 3.46. The lowest BCUT2D eigenvalue weighted by Crippen LogP contribution is -2.38. The number of aryl methyl sites for hydroxylation is 2. The van der Waals surface area contributed by atoms with Gasteiger partial charge in [-0.3, -0.25) is 14.4 Å². The lowest BCUT2D eigenvalue weighted by atomic mass is 10.1. The molecule has 0 unspecified atom stereocenters. The Morgan fingerprint density at radius 2 is 1.90 bits per heavy atom. The van der Waals surface area contributed by atoms with E-state index in [1.807, 2.05) is 28.8 Å². The number of anilines is 1. The molecule has 0 radical (unpaired) electrons. The van der Waals surface area contributed by atoms with Crippen LogP contribution in [0.15, 0.2) is 39.8 Å². The molecule has 3 aromatic rings. The minimum absolute atomic E-state index is 0.121. The van der Waals surface area contributed by atoms with Crippen molar-refractivity contribution in [2.75, 3.05) is 29.9 Å². The molecular weight excluding hydrogens is 404 g/mol. The van der Waals surface area contributed by atoms with Gasteiger partial charge in [0.15, 0.2) is 0 Å². The fourth-order valence-corrected chi connectivity index (χ4v) is 4.36. The van der Waals surface area contributed by atoms with Crippen molar-refractivity contribution in [3.63, 3.8) is 0 Å². The van der Waals surface area contributed by atoms with Crippen molar-refractivity contribution >= 4 is 40.4 Å². The van der Waals surface area contributed by atoms with Crippen LogP contribution < -0.4 is 10.9 Å². The number of carbonyl (C=O) groups is 2. The number of nitrogens with zero attached hydrogens (tertiary/aromatic N) is 3. The predicted molar refractivity (Wildman–Crippen MR) is 116 cm³/mol. The molecule has 1 aliphatic heterocycles. The second-order valence-electron chi connectivity index (χ2n) is 7.20. The minimum atomic E-state index is -0.439. The Kier molecular flexibility index (Phi) is 5.63. The van der Waals surface area contributed by atoms with Gasteiger partial charge in [-0.05, 0) is 24.6 Å². The summed E-state index contributed by atoms with van der Waals surface area (Å²) in [5.41, 5.74) is 1.44. The number of furan rings is 1. The van der Waals surface area contributed by atoms with Gasteiger partial charge >= 0.3 is 0 Å². The molecule has 9 heteroatoms. The predicted octanol–water partition coefficient (Wildman–Crippen LogP) is 2.21. The van der Waals surface area contributed by atoms with E-state index in [0.29, 0.717) is 17.9 Å². The van der Waals surface area contributed by atoms with Gasteiger partial charge in [0.25, 0.3) is 11.5 Å². The number of hydrogen-bond donors (Lipinski definition) is 1. The summed E-state index contributed by atoms with van der Waals surface area (Å²) in [7, 11) is 1.57. The topological polar surface area (TPSA) is 97.4 Å². The average molecular weight is 426 g/mol. The average Bonchev–Trinajstić information content (AvgIpc) is 3.09. The highest BCUT2D eigenvalue weighted by atomic mass is 32.2. The maximum Gasteiger partial charge on any atom is 0.265 e. The summed E-state index contributed by atoms with van der Waals surface area (Å²) in [4.78, 5) is 43.6. The van der Waals surface area contributed by atoms with Crippen molar-refractivity contribution in [3.05, 3.63) is 57.8 Å². The molecular formula is C21H22N4O4S. The Labute approximate surface area is 177 Å². The third-order valence-corrected chi connectivity index (χ3v) is 6.05. The quantitative estimate of drug-likeness (QED) is 0.687. The highest BCUT2D eigenvalue weighted by Gasteiger charge is 2.22. The van der Waals surface area contributed by atoms with E-state index in [0.717, 1.165) is 30.2 Å². The third-order valence-electron chi connectivity index (χ3n) is 5.11. The van der Waals surface area contributed by atoms with Gasteiger partial charge in [0.05, 0.1) is 12.0 Å². The van der Waals surface area contributed by atoms with E-state index in [-0.39, 0.29) is 28.1 Å². The summed E-state index contributed by atoms with van der Waals surface area (Å²) in [5.74, 6) is 1.98. The van der Waals surface area contributed by atoms with Crippen LogP contribution in [-0.4, -0.2) is 50.9 Å². The normalized spacial score (nSPS) is 14.1. The molecule has 3 heterocycles. The van der Waals surface area contributed by atoms with Gasteiger partial charge in [0.1, 0.15) is 17.5 Å². The standard InChI is InChI=1S/C21H22N4O4S/c1-13-17(18-20(29-13)22-12-24(2)21(18)28)19(27)23-15-5-3-14(4-6-15)11-16(26)25-7-9-30-10-8-25/h3-6,12H,7-11H2,1-2H3,(H,23,27). The second kappa shape index (κ2) is 8.35. The van der Waals surface area contributed by atoms with Gasteiger partial charge in [-0.25, -0.2) is 4.98 Å². The molecule has 156 valence electrons. The number of nitrogens with one attached hydrogen (secondary N) is 1. The van der Waals surface area contributed by atoms with E-state index in [4.69, 9.17) is 4.42 Å². The summed E-state index contributed by atoms with van der Waals surface area (Å²) >= 11 is 1.87. The van der Waals surface area contributed by atoms with Gasteiger partial charge in [-0.15, -0.1) is 0 Å². The number of rotatable bonds is 4. The molecule has 1 aromatic carbocycles. The van der Waals surface area contributed by atoms with E-state index in [9.17, 15) is 14.4 Å². The smallest absolute Gasteiger partial charge is 0.265 e. The summed E-state index contributed by atoms with van der Waals surface area (Å²) in [6, 6.07) is 7.15. The Hall–Kier alpha value is -3.07. The summed E-state index contributed by atoms with van der Waals surface area (Å²) in [6.07, 6.45) is 1.70. The van der Waals surface area contributed by atoms with Gasteiger partial charge in [0.2, 0.25) is 11.6 Å². The number of amides is 2. The van der Waals surface area contributed by atoms with Crippen molar-refractivity contribution in [3.8, 4) is 0 Å². The minimum Gasteiger partial charge on any atom is -0.442 e. The summed E-state index contributed by atoms with van der Waals surface area (Å²) in [6.45, 7) is 3.22. The summed E-state index contributed by atoms with van der Waals surface area (Å²) < 4.78 is 6.79. The van der Waals surface area contributed by atoms with Crippen LogP contribution in [-0.2, 0) is 18.3 Å². The van der Waals surface area contributed by atoms with Crippen molar-refractivity contribution in [2.45, 2.75) is 13.3 Å². The first kappa shape index (κ1) is 20.2. The molecule has 0 bridgehead atoms. The van der Waals surface area contributed by atoms with Gasteiger partial charge in [-0.1, -0.05) is 12.1 Å². The maximum absolute atomic E-state index is 12.8. The Morgan fingerprint density at radius 3 is 2.60 bits per heavy atom. The van der Waals surface area contributed by atoms with Crippen LogP contribution in [0, 0.1) is 6.92 Å². The number of aromatic nitrogens is 2. The number of thioether (sulfide) groups is 1. The first-order chi connectivity index (χ1) is 14.4. The Balaban J connectivity index is 1.49. The van der Waals surface area contributed by atoms with Crippen LogP contribution in [0.25, 0.3) is 11.1 Å². The Bertz CT molecular complexity index is 1160. The van der Waals surface area contributed by atoms with Crippen molar-refractivity contribution in [2.24, 2.45) is 7.05 Å². The van der Waals surface area contributed by atoms with Gasteiger partial charge < -0.3 is 19.2 Å². The first-order valence-corrected chi connectivity index (χ1v) is 10.8. The van der Waals surface area contributed by atoms with Crippen LogP contribution in [0.4, 0.5) is 5.69 Å². The highest BCUT2D eigenvalue weighted by Crippen LogP contribution is 2.22. The zero-order valence-electron chi connectivity index (χ0n) is 16.8. The maximum atomic E-state index is 12.8. The van der Waals surface area contributed by atoms with E-state index in [2.05, 4.69) is 10.3 Å². The summed E-state index contributed by atoms with van der Waals surface area (Å²) in [5, 5.41) is 2.96. The SMILES string of the molecule is Cc1oc2ncn(C)c(=O)c2c1C(=O)Nc1ccc(CC(=O)N2CCSCC2)cc1. The number of hydrogen-bond acceptors (Lipinski definition) is 6. The third kappa shape index (κ3) is 3.97. The van der Waals surface area contributed by atoms with Crippen LogP contribution in [0.3, 0.4) is 0 Å². The van der Waals surface area contributed by atoms with E-state index >= 15 is 0 Å². The van der Waals surface area contributed by atoms with Gasteiger partial charge in [-0.2, -0.15) is 11.8 Å². The van der Waals surface area contributed by atoms with Crippen molar-refractivity contribution in [1.29, 1.82) is 0 Å².